The number of halogens is 1. The molecule has 0 unspecified atom stereocenters. The summed E-state index contributed by atoms with van der Waals surface area (Å²) in [5.74, 6) is -0.462. The van der Waals surface area contributed by atoms with Gasteiger partial charge in [0, 0.05) is 5.69 Å². The molecule has 0 fully saturated rings. The molecule has 2 aromatic carbocycles. The van der Waals surface area contributed by atoms with Gasteiger partial charge in [-0.2, -0.15) is 0 Å². The standard InChI is InChI=1S/C13H11FN2O/c14-11-8-4-5-9-12(11)16-13(17)15-10-6-2-1-3-7-10/h1-9H,(H2,15,16,17). The van der Waals surface area contributed by atoms with E-state index in [4.69, 9.17) is 0 Å². The molecular weight excluding hydrogens is 219 g/mol. The van der Waals surface area contributed by atoms with E-state index >= 15 is 0 Å². The van der Waals surface area contributed by atoms with Gasteiger partial charge in [-0.15, -0.1) is 0 Å². The lowest BCUT2D eigenvalue weighted by Crippen LogP contribution is -2.19. The van der Waals surface area contributed by atoms with Crippen LogP contribution in [0.3, 0.4) is 0 Å². The van der Waals surface area contributed by atoms with E-state index in [0.717, 1.165) is 0 Å². The maximum absolute atomic E-state index is 13.2. The van der Waals surface area contributed by atoms with Crippen molar-refractivity contribution in [3.05, 3.63) is 60.4 Å². The second-order valence-electron chi connectivity index (χ2n) is 3.42. The summed E-state index contributed by atoms with van der Waals surface area (Å²) in [5, 5.41) is 5.03. The molecular formula is C13H11FN2O. The summed E-state index contributed by atoms with van der Waals surface area (Å²) in [6.07, 6.45) is 0. The largest absolute Gasteiger partial charge is 0.323 e. The second-order valence-corrected chi connectivity index (χ2v) is 3.42. The quantitative estimate of drug-likeness (QED) is 0.814. The highest BCUT2D eigenvalue weighted by atomic mass is 19.1. The maximum atomic E-state index is 13.2. The molecule has 0 spiro atoms. The molecule has 0 saturated heterocycles. The number of carbonyl (C=O) groups excluding carboxylic acids is 1. The molecule has 2 aromatic rings. The molecule has 0 aliphatic heterocycles. The second kappa shape index (κ2) is 5.12. The Balaban J connectivity index is 2.01. The first-order chi connectivity index (χ1) is 8.25. The molecule has 0 atom stereocenters. The lowest BCUT2D eigenvalue weighted by molar-refractivity contribution is 0.262. The van der Waals surface area contributed by atoms with Crippen LogP contribution in [0, 0.1) is 5.82 Å². The molecule has 2 N–H and O–H groups in total. The molecule has 2 rings (SSSR count). The van der Waals surface area contributed by atoms with Crippen molar-refractivity contribution in [1.82, 2.24) is 0 Å². The topological polar surface area (TPSA) is 41.1 Å². The molecule has 0 aliphatic rings. The SMILES string of the molecule is O=C(Nc1ccccc1)Nc1ccccc1F. The van der Waals surface area contributed by atoms with Crippen molar-refractivity contribution in [2.75, 3.05) is 10.6 Å². The van der Waals surface area contributed by atoms with Gasteiger partial charge in [-0.3, -0.25) is 0 Å². The third-order valence-corrected chi connectivity index (χ3v) is 2.15. The number of benzene rings is 2. The van der Waals surface area contributed by atoms with Gasteiger partial charge >= 0.3 is 6.03 Å². The molecule has 0 saturated carbocycles. The van der Waals surface area contributed by atoms with Crippen molar-refractivity contribution < 1.29 is 9.18 Å². The van der Waals surface area contributed by atoms with Crippen LogP contribution < -0.4 is 10.6 Å². The molecule has 3 nitrogen and oxygen atoms in total. The van der Waals surface area contributed by atoms with Crippen LogP contribution in [-0.2, 0) is 0 Å². The van der Waals surface area contributed by atoms with Gasteiger partial charge in [0.25, 0.3) is 0 Å². The van der Waals surface area contributed by atoms with Gasteiger partial charge in [-0.1, -0.05) is 30.3 Å². The summed E-state index contributed by atoms with van der Waals surface area (Å²) in [5.41, 5.74) is 0.808. The first kappa shape index (κ1) is 11.1. The van der Waals surface area contributed by atoms with E-state index in [0.29, 0.717) is 5.69 Å². The zero-order valence-electron chi connectivity index (χ0n) is 8.98. The lowest BCUT2D eigenvalue weighted by Gasteiger charge is -2.07. The Labute approximate surface area is 98.3 Å². The number of carbonyl (C=O) groups is 1. The molecule has 0 bridgehead atoms. The van der Waals surface area contributed by atoms with Gasteiger partial charge in [0.1, 0.15) is 5.82 Å². The van der Waals surface area contributed by atoms with Gasteiger partial charge < -0.3 is 10.6 Å². The molecule has 86 valence electrons. The van der Waals surface area contributed by atoms with Crippen molar-refractivity contribution in [2.45, 2.75) is 0 Å². The summed E-state index contributed by atoms with van der Waals surface area (Å²) in [4.78, 5) is 11.5. The smallest absolute Gasteiger partial charge is 0.308 e. The van der Waals surface area contributed by atoms with Gasteiger partial charge in [0.05, 0.1) is 5.69 Å². The van der Waals surface area contributed by atoms with Crippen molar-refractivity contribution in [3.63, 3.8) is 0 Å². The number of rotatable bonds is 2. The van der Waals surface area contributed by atoms with E-state index in [-0.39, 0.29) is 5.69 Å². The minimum absolute atomic E-state index is 0.154. The Morgan fingerprint density at radius 1 is 0.882 bits per heavy atom. The number of para-hydroxylation sites is 2. The van der Waals surface area contributed by atoms with Crippen LogP contribution in [0.4, 0.5) is 20.6 Å². The van der Waals surface area contributed by atoms with Crippen LogP contribution in [0.2, 0.25) is 0 Å². The highest BCUT2D eigenvalue weighted by Crippen LogP contribution is 2.13. The summed E-state index contributed by atoms with van der Waals surface area (Å²) < 4.78 is 13.2. The third-order valence-electron chi connectivity index (χ3n) is 2.15. The summed E-state index contributed by atoms with van der Waals surface area (Å²) in [6.45, 7) is 0. The van der Waals surface area contributed by atoms with Gasteiger partial charge in [0.15, 0.2) is 0 Å². The van der Waals surface area contributed by atoms with Crippen LogP contribution in [0.25, 0.3) is 0 Å². The predicted molar refractivity (Wildman–Crippen MR) is 65.5 cm³/mol. The normalized spacial score (nSPS) is 9.71. The summed E-state index contributed by atoms with van der Waals surface area (Å²) in [6, 6.07) is 14.5. The van der Waals surface area contributed by atoms with Crippen molar-refractivity contribution in [1.29, 1.82) is 0 Å². The molecule has 4 heteroatoms. The summed E-state index contributed by atoms with van der Waals surface area (Å²) >= 11 is 0. The van der Waals surface area contributed by atoms with Crippen LogP contribution >= 0.6 is 0 Å². The Morgan fingerprint density at radius 3 is 2.24 bits per heavy atom. The number of hydrogen-bond acceptors (Lipinski definition) is 1. The average Bonchev–Trinajstić information content (AvgIpc) is 2.33. The van der Waals surface area contributed by atoms with E-state index in [1.54, 1.807) is 36.4 Å². The molecule has 0 aliphatic carbocycles. The number of amides is 2. The lowest BCUT2D eigenvalue weighted by atomic mass is 10.3. The van der Waals surface area contributed by atoms with E-state index < -0.39 is 11.8 Å². The molecule has 0 aromatic heterocycles. The van der Waals surface area contributed by atoms with Crippen LogP contribution in [0.15, 0.2) is 54.6 Å². The van der Waals surface area contributed by atoms with E-state index in [2.05, 4.69) is 10.6 Å². The van der Waals surface area contributed by atoms with Crippen molar-refractivity contribution in [3.8, 4) is 0 Å². The van der Waals surface area contributed by atoms with Crippen LogP contribution in [0.5, 0.6) is 0 Å². The van der Waals surface area contributed by atoms with E-state index in [9.17, 15) is 9.18 Å². The fraction of sp³-hybridized carbons (Fsp3) is 0. The van der Waals surface area contributed by atoms with Crippen molar-refractivity contribution in [2.24, 2.45) is 0 Å². The molecule has 0 radical (unpaired) electrons. The Morgan fingerprint density at radius 2 is 1.53 bits per heavy atom. The number of anilines is 2. The van der Waals surface area contributed by atoms with E-state index in [1.807, 2.05) is 6.07 Å². The molecule has 0 heterocycles. The van der Waals surface area contributed by atoms with Gasteiger partial charge in [-0.05, 0) is 24.3 Å². The van der Waals surface area contributed by atoms with Crippen molar-refractivity contribution >= 4 is 17.4 Å². The minimum Gasteiger partial charge on any atom is -0.308 e. The monoisotopic (exact) mass is 230 g/mol. The Hall–Kier alpha value is -2.36. The number of hydrogen-bond donors (Lipinski definition) is 2. The zero-order chi connectivity index (χ0) is 12.1. The van der Waals surface area contributed by atoms with Crippen LogP contribution in [0.1, 0.15) is 0 Å². The number of nitrogens with one attached hydrogen (secondary N) is 2. The third kappa shape index (κ3) is 3.04. The number of urea groups is 1. The van der Waals surface area contributed by atoms with Gasteiger partial charge in [-0.25, -0.2) is 9.18 Å². The predicted octanol–water partition coefficient (Wildman–Crippen LogP) is 3.47. The molecule has 2 amide bonds. The summed E-state index contributed by atoms with van der Waals surface area (Å²) in [7, 11) is 0. The Bertz CT molecular complexity index is 514. The zero-order valence-corrected chi connectivity index (χ0v) is 8.98. The van der Waals surface area contributed by atoms with E-state index in [1.165, 1.54) is 12.1 Å². The average molecular weight is 230 g/mol. The first-order valence-electron chi connectivity index (χ1n) is 5.13. The fourth-order valence-corrected chi connectivity index (χ4v) is 1.37. The highest BCUT2D eigenvalue weighted by Gasteiger charge is 2.05. The maximum Gasteiger partial charge on any atom is 0.323 e. The minimum atomic E-state index is -0.471. The first-order valence-corrected chi connectivity index (χ1v) is 5.13. The highest BCUT2D eigenvalue weighted by molar-refractivity contribution is 5.99. The van der Waals surface area contributed by atoms with Gasteiger partial charge in [0.2, 0.25) is 0 Å². The fourth-order valence-electron chi connectivity index (χ4n) is 1.37. The molecule has 17 heavy (non-hydrogen) atoms. The van der Waals surface area contributed by atoms with Crippen LogP contribution in [-0.4, -0.2) is 6.03 Å². The Kier molecular flexibility index (Phi) is 3.35.